The number of rotatable bonds is 4. The summed E-state index contributed by atoms with van der Waals surface area (Å²) in [5, 5.41) is 3.53. The van der Waals surface area contributed by atoms with Gasteiger partial charge in [0, 0.05) is 12.1 Å². The van der Waals surface area contributed by atoms with Gasteiger partial charge in [-0.05, 0) is 19.3 Å². The first kappa shape index (κ1) is 12.5. The molecule has 0 aromatic heterocycles. The van der Waals surface area contributed by atoms with Crippen LogP contribution < -0.4 is 5.32 Å². The van der Waals surface area contributed by atoms with Crippen molar-refractivity contribution in [2.45, 2.75) is 31.3 Å². The molecule has 0 saturated carbocycles. The molecule has 2 atom stereocenters. The van der Waals surface area contributed by atoms with Gasteiger partial charge in [-0.15, -0.1) is 25.6 Å². The van der Waals surface area contributed by atoms with E-state index in [1.807, 2.05) is 12.2 Å². The third kappa shape index (κ3) is 4.30. The van der Waals surface area contributed by atoms with Crippen molar-refractivity contribution in [1.82, 2.24) is 5.32 Å². The van der Waals surface area contributed by atoms with Crippen molar-refractivity contribution in [1.29, 1.82) is 0 Å². The molecule has 74 valence electrons. The summed E-state index contributed by atoms with van der Waals surface area (Å²) in [5.74, 6) is 0. The van der Waals surface area contributed by atoms with Gasteiger partial charge in [-0.3, -0.25) is 0 Å². The second-order valence-electron chi connectivity index (χ2n) is 3.18. The van der Waals surface area contributed by atoms with Crippen molar-refractivity contribution < 1.29 is 0 Å². The summed E-state index contributed by atoms with van der Waals surface area (Å²) < 4.78 is 0. The van der Waals surface area contributed by atoms with E-state index < -0.39 is 0 Å². The van der Waals surface area contributed by atoms with Crippen LogP contribution in [0.15, 0.2) is 37.5 Å². The molecule has 1 aliphatic heterocycles. The summed E-state index contributed by atoms with van der Waals surface area (Å²) in [6.07, 6.45) is 11.6. The van der Waals surface area contributed by atoms with Crippen LogP contribution in [0.5, 0.6) is 0 Å². The minimum atomic E-state index is 0. The van der Waals surface area contributed by atoms with E-state index in [2.05, 4.69) is 30.6 Å². The fourth-order valence-corrected chi connectivity index (χ4v) is 1.53. The van der Waals surface area contributed by atoms with E-state index in [0.717, 1.165) is 19.3 Å². The standard InChI is InChI=1S/C11H17N.ClH/c1-3-6-10-8-5-9-11(12-10)7-4-2;/h3-5,8,10-12H,1-2,6-7,9H2;1H/t10-,11+;/m0./s1. The van der Waals surface area contributed by atoms with Crippen molar-refractivity contribution in [2.75, 3.05) is 0 Å². The Balaban J connectivity index is 0.00000144. The number of hydrogen-bond acceptors (Lipinski definition) is 1. The quantitative estimate of drug-likeness (QED) is 0.687. The highest BCUT2D eigenvalue weighted by Crippen LogP contribution is 2.10. The van der Waals surface area contributed by atoms with Crippen LogP contribution in [0.1, 0.15) is 19.3 Å². The second kappa shape index (κ2) is 6.93. The maximum Gasteiger partial charge on any atom is 0.0287 e. The van der Waals surface area contributed by atoms with Crippen molar-refractivity contribution in [3.05, 3.63) is 37.5 Å². The van der Waals surface area contributed by atoms with Crippen molar-refractivity contribution in [3.8, 4) is 0 Å². The fourth-order valence-electron chi connectivity index (χ4n) is 1.53. The SMILES string of the molecule is C=CC[C@@H]1CC=C[C@H](CC=C)N1.Cl. The summed E-state index contributed by atoms with van der Waals surface area (Å²) in [6, 6.07) is 1.07. The van der Waals surface area contributed by atoms with E-state index >= 15 is 0 Å². The highest BCUT2D eigenvalue weighted by atomic mass is 35.5. The third-order valence-corrected chi connectivity index (χ3v) is 2.11. The molecule has 0 amide bonds. The lowest BCUT2D eigenvalue weighted by Crippen LogP contribution is -2.38. The van der Waals surface area contributed by atoms with Gasteiger partial charge in [0.2, 0.25) is 0 Å². The Morgan fingerprint density at radius 2 is 2.00 bits per heavy atom. The maximum absolute atomic E-state index is 3.74. The summed E-state index contributed by atoms with van der Waals surface area (Å²) in [6.45, 7) is 7.47. The number of hydrogen-bond donors (Lipinski definition) is 1. The molecule has 0 fully saturated rings. The summed E-state index contributed by atoms with van der Waals surface area (Å²) in [4.78, 5) is 0. The van der Waals surface area contributed by atoms with Crippen LogP contribution in [0.2, 0.25) is 0 Å². The molecule has 1 aliphatic rings. The van der Waals surface area contributed by atoms with Crippen molar-refractivity contribution >= 4 is 12.4 Å². The Morgan fingerprint density at radius 1 is 1.31 bits per heavy atom. The van der Waals surface area contributed by atoms with Gasteiger partial charge in [0.1, 0.15) is 0 Å². The smallest absolute Gasteiger partial charge is 0.0287 e. The Kier molecular flexibility index (Phi) is 6.65. The molecule has 1 heterocycles. The predicted octanol–water partition coefficient (Wildman–Crippen LogP) is 2.85. The van der Waals surface area contributed by atoms with Gasteiger partial charge in [-0.2, -0.15) is 0 Å². The Morgan fingerprint density at radius 3 is 2.62 bits per heavy atom. The zero-order valence-corrected chi connectivity index (χ0v) is 8.72. The highest BCUT2D eigenvalue weighted by Gasteiger charge is 2.13. The summed E-state index contributed by atoms with van der Waals surface area (Å²) in [7, 11) is 0. The van der Waals surface area contributed by atoms with Gasteiger partial charge in [-0.25, -0.2) is 0 Å². The second-order valence-corrected chi connectivity index (χ2v) is 3.18. The van der Waals surface area contributed by atoms with E-state index in [0.29, 0.717) is 12.1 Å². The molecule has 13 heavy (non-hydrogen) atoms. The first-order valence-electron chi connectivity index (χ1n) is 4.51. The normalized spacial score (nSPS) is 26.2. The molecule has 0 saturated heterocycles. The van der Waals surface area contributed by atoms with Crippen LogP contribution >= 0.6 is 12.4 Å². The lowest BCUT2D eigenvalue weighted by Gasteiger charge is -2.25. The Hall–Kier alpha value is -0.530. The van der Waals surface area contributed by atoms with Gasteiger partial charge in [-0.1, -0.05) is 24.3 Å². The number of halogens is 1. The molecule has 0 radical (unpaired) electrons. The third-order valence-electron chi connectivity index (χ3n) is 2.11. The van der Waals surface area contributed by atoms with Crippen LogP contribution in [-0.2, 0) is 0 Å². The molecule has 0 unspecified atom stereocenters. The Bertz CT molecular complexity index is 187. The van der Waals surface area contributed by atoms with Crippen LogP contribution in [0.25, 0.3) is 0 Å². The number of nitrogens with one attached hydrogen (secondary N) is 1. The Labute approximate surface area is 87.0 Å². The zero-order chi connectivity index (χ0) is 8.81. The van der Waals surface area contributed by atoms with Gasteiger partial charge in [0.05, 0.1) is 0 Å². The van der Waals surface area contributed by atoms with E-state index in [4.69, 9.17) is 0 Å². The van der Waals surface area contributed by atoms with Crippen LogP contribution in [0, 0.1) is 0 Å². The van der Waals surface area contributed by atoms with Crippen LogP contribution in [0.3, 0.4) is 0 Å². The fraction of sp³-hybridized carbons (Fsp3) is 0.455. The first-order valence-corrected chi connectivity index (χ1v) is 4.51. The molecule has 0 bridgehead atoms. The molecular weight excluding hydrogens is 182 g/mol. The minimum Gasteiger partial charge on any atom is -0.307 e. The summed E-state index contributed by atoms with van der Waals surface area (Å²) in [5.41, 5.74) is 0. The van der Waals surface area contributed by atoms with Gasteiger partial charge < -0.3 is 5.32 Å². The molecule has 0 aromatic rings. The van der Waals surface area contributed by atoms with E-state index in [1.165, 1.54) is 0 Å². The largest absolute Gasteiger partial charge is 0.307 e. The predicted molar refractivity (Wildman–Crippen MR) is 61.3 cm³/mol. The molecule has 1 nitrogen and oxygen atoms in total. The molecule has 1 rings (SSSR count). The maximum atomic E-state index is 3.74. The van der Waals surface area contributed by atoms with Gasteiger partial charge >= 0.3 is 0 Å². The molecule has 0 spiro atoms. The molecule has 1 N–H and O–H groups in total. The lowest BCUT2D eigenvalue weighted by atomic mass is 10.0. The van der Waals surface area contributed by atoms with E-state index in [1.54, 1.807) is 0 Å². The molecule has 2 heteroatoms. The zero-order valence-electron chi connectivity index (χ0n) is 7.91. The van der Waals surface area contributed by atoms with Gasteiger partial charge in [0.15, 0.2) is 0 Å². The minimum absolute atomic E-state index is 0. The molecule has 0 aromatic carbocycles. The lowest BCUT2D eigenvalue weighted by molar-refractivity contribution is 0.455. The average Bonchev–Trinajstić information content (AvgIpc) is 2.06. The topological polar surface area (TPSA) is 12.0 Å². The first-order chi connectivity index (χ1) is 5.86. The van der Waals surface area contributed by atoms with E-state index in [-0.39, 0.29) is 12.4 Å². The summed E-state index contributed by atoms with van der Waals surface area (Å²) >= 11 is 0. The van der Waals surface area contributed by atoms with Crippen molar-refractivity contribution in [3.63, 3.8) is 0 Å². The van der Waals surface area contributed by atoms with Crippen LogP contribution in [0.4, 0.5) is 0 Å². The van der Waals surface area contributed by atoms with Gasteiger partial charge in [0.25, 0.3) is 0 Å². The van der Waals surface area contributed by atoms with Crippen molar-refractivity contribution in [2.24, 2.45) is 0 Å². The van der Waals surface area contributed by atoms with E-state index in [9.17, 15) is 0 Å². The average molecular weight is 200 g/mol. The van der Waals surface area contributed by atoms with Crippen LogP contribution in [-0.4, -0.2) is 12.1 Å². The monoisotopic (exact) mass is 199 g/mol. The molecule has 0 aliphatic carbocycles. The molecular formula is C11H18ClN. The highest BCUT2D eigenvalue weighted by molar-refractivity contribution is 5.85.